The van der Waals surface area contributed by atoms with Crippen molar-refractivity contribution in [2.45, 2.75) is 46.2 Å². The zero-order valence-corrected chi connectivity index (χ0v) is 17.9. The minimum absolute atomic E-state index is 0.484. The standard InChI is InChI=1S/C18H30O4Si2/c1-8-19-18(22-24(5,6)7)14-17(21-23(2,3)4)15-20-16-12-10-9-11-13-16/h9-15H,8H2,1-7H3/b17-15-,18-14-. The van der Waals surface area contributed by atoms with E-state index in [0.29, 0.717) is 18.3 Å². The largest absolute Gasteiger partial charge is 0.542 e. The third-order valence-corrected chi connectivity index (χ3v) is 4.09. The van der Waals surface area contributed by atoms with Crippen LogP contribution in [0.4, 0.5) is 0 Å². The Labute approximate surface area is 148 Å². The molecule has 0 atom stereocenters. The van der Waals surface area contributed by atoms with Crippen LogP contribution in [0.25, 0.3) is 0 Å². The second-order valence-electron chi connectivity index (χ2n) is 7.28. The van der Waals surface area contributed by atoms with Crippen molar-refractivity contribution in [2.24, 2.45) is 0 Å². The molecule has 0 amide bonds. The third-order valence-electron chi connectivity index (χ3n) is 2.43. The molecule has 134 valence electrons. The quantitative estimate of drug-likeness (QED) is 0.329. The predicted molar refractivity (Wildman–Crippen MR) is 104 cm³/mol. The maximum atomic E-state index is 6.10. The topological polar surface area (TPSA) is 36.9 Å². The molecule has 0 N–H and O–H groups in total. The Hall–Kier alpha value is -1.67. The molecule has 0 spiro atoms. The van der Waals surface area contributed by atoms with E-state index in [2.05, 4.69) is 39.3 Å². The molecular formula is C18H30O4Si2. The zero-order chi connectivity index (χ0) is 18.2. The fourth-order valence-corrected chi connectivity index (χ4v) is 3.26. The van der Waals surface area contributed by atoms with Gasteiger partial charge in [-0.05, 0) is 58.3 Å². The van der Waals surface area contributed by atoms with E-state index in [1.807, 2.05) is 37.3 Å². The normalized spacial score (nSPS) is 13.5. The van der Waals surface area contributed by atoms with Gasteiger partial charge >= 0.3 is 0 Å². The van der Waals surface area contributed by atoms with Gasteiger partial charge < -0.3 is 18.3 Å². The van der Waals surface area contributed by atoms with E-state index in [9.17, 15) is 0 Å². The van der Waals surface area contributed by atoms with Crippen molar-refractivity contribution in [1.82, 2.24) is 0 Å². The molecule has 1 rings (SSSR count). The van der Waals surface area contributed by atoms with Crippen molar-refractivity contribution in [2.75, 3.05) is 6.61 Å². The van der Waals surface area contributed by atoms with Crippen LogP contribution in [0.3, 0.4) is 0 Å². The van der Waals surface area contributed by atoms with E-state index < -0.39 is 16.6 Å². The van der Waals surface area contributed by atoms with Crippen molar-refractivity contribution < 1.29 is 18.3 Å². The first-order chi connectivity index (χ1) is 11.1. The molecule has 6 heteroatoms. The van der Waals surface area contributed by atoms with E-state index in [4.69, 9.17) is 18.3 Å². The number of rotatable bonds is 9. The Morgan fingerprint density at radius 3 is 2.00 bits per heavy atom. The highest BCUT2D eigenvalue weighted by Crippen LogP contribution is 2.19. The molecule has 24 heavy (non-hydrogen) atoms. The third kappa shape index (κ3) is 9.47. The second kappa shape index (κ2) is 8.98. The average Bonchev–Trinajstić information content (AvgIpc) is 2.43. The first-order valence-corrected chi connectivity index (χ1v) is 15.0. The first-order valence-electron chi connectivity index (χ1n) is 8.23. The molecule has 0 saturated carbocycles. The summed E-state index contributed by atoms with van der Waals surface area (Å²) in [5.74, 6) is 1.85. The molecule has 0 saturated heterocycles. The van der Waals surface area contributed by atoms with Crippen LogP contribution in [-0.4, -0.2) is 23.2 Å². The summed E-state index contributed by atoms with van der Waals surface area (Å²) in [4.78, 5) is 0. The van der Waals surface area contributed by atoms with Crippen LogP contribution >= 0.6 is 0 Å². The number of hydrogen-bond donors (Lipinski definition) is 0. The van der Waals surface area contributed by atoms with Gasteiger partial charge in [-0.25, -0.2) is 0 Å². The van der Waals surface area contributed by atoms with Crippen LogP contribution in [-0.2, 0) is 13.6 Å². The molecule has 0 bridgehead atoms. The molecule has 0 heterocycles. The molecule has 0 unspecified atom stereocenters. The fourth-order valence-electron chi connectivity index (χ4n) is 1.73. The Bertz CT molecular complexity index is 555. The molecule has 4 nitrogen and oxygen atoms in total. The van der Waals surface area contributed by atoms with Gasteiger partial charge in [0.2, 0.25) is 16.6 Å². The van der Waals surface area contributed by atoms with Gasteiger partial charge in [-0.3, -0.25) is 0 Å². The van der Waals surface area contributed by atoms with Crippen molar-refractivity contribution in [3.63, 3.8) is 0 Å². The van der Waals surface area contributed by atoms with Gasteiger partial charge in [-0.15, -0.1) is 0 Å². The van der Waals surface area contributed by atoms with Crippen molar-refractivity contribution in [3.05, 3.63) is 54.4 Å². The molecule has 0 fully saturated rings. The lowest BCUT2D eigenvalue weighted by molar-refractivity contribution is 0.111. The first kappa shape index (κ1) is 20.4. The summed E-state index contributed by atoms with van der Waals surface area (Å²) < 4.78 is 23.4. The van der Waals surface area contributed by atoms with E-state index in [0.717, 1.165) is 5.75 Å². The summed E-state index contributed by atoms with van der Waals surface area (Å²) in [7, 11) is -3.57. The van der Waals surface area contributed by atoms with Gasteiger partial charge in [0.15, 0.2) is 0 Å². The van der Waals surface area contributed by atoms with Crippen LogP contribution in [0.1, 0.15) is 6.92 Å². The monoisotopic (exact) mass is 366 g/mol. The molecular weight excluding hydrogens is 336 g/mol. The Balaban J connectivity index is 3.03. The van der Waals surface area contributed by atoms with Crippen LogP contribution < -0.4 is 4.74 Å². The summed E-state index contributed by atoms with van der Waals surface area (Å²) >= 11 is 0. The molecule has 0 aliphatic heterocycles. The fraction of sp³-hybridized carbons (Fsp3) is 0.444. The lowest BCUT2D eigenvalue weighted by Crippen LogP contribution is -2.27. The summed E-state index contributed by atoms with van der Waals surface area (Å²) in [5, 5.41) is 0. The number of ether oxygens (including phenoxy) is 2. The summed E-state index contributed by atoms with van der Waals surface area (Å²) in [6.45, 7) is 15.2. The lowest BCUT2D eigenvalue weighted by Gasteiger charge is -2.23. The zero-order valence-electron chi connectivity index (χ0n) is 15.9. The van der Waals surface area contributed by atoms with Crippen LogP contribution in [0.5, 0.6) is 5.75 Å². The lowest BCUT2D eigenvalue weighted by atomic mass is 10.3. The van der Waals surface area contributed by atoms with E-state index in [1.54, 1.807) is 12.3 Å². The highest BCUT2D eigenvalue weighted by atomic mass is 28.4. The van der Waals surface area contributed by atoms with Gasteiger partial charge in [0.25, 0.3) is 5.95 Å². The van der Waals surface area contributed by atoms with Crippen molar-refractivity contribution in [1.29, 1.82) is 0 Å². The minimum atomic E-state index is -1.80. The SMILES string of the molecule is CCO/C(=C/C(=C/Oc1ccccc1)O[Si](C)(C)C)O[Si](C)(C)C. The van der Waals surface area contributed by atoms with Gasteiger partial charge in [0.05, 0.1) is 12.7 Å². The predicted octanol–water partition coefficient (Wildman–Crippen LogP) is 5.49. The molecule has 0 aliphatic carbocycles. The van der Waals surface area contributed by atoms with Crippen LogP contribution in [0.15, 0.2) is 54.4 Å². The summed E-state index contributed by atoms with van der Waals surface area (Å²) in [6.07, 6.45) is 3.39. The summed E-state index contributed by atoms with van der Waals surface area (Å²) in [6, 6.07) is 9.60. The van der Waals surface area contributed by atoms with E-state index in [-0.39, 0.29) is 0 Å². The molecule has 1 aromatic carbocycles. The molecule has 0 aliphatic rings. The minimum Gasteiger partial charge on any atom is -0.542 e. The summed E-state index contributed by atoms with van der Waals surface area (Å²) in [5.41, 5.74) is 0. The van der Waals surface area contributed by atoms with E-state index >= 15 is 0 Å². The number of para-hydroxylation sites is 1. The Kier molecular flexibility index (Phi) is 7.63. The highest BCUT2D eigenvalue weighted by Gasteiger charge is 2.21. The molecule has 0 radical (unpaired) electrons. The van der Waals surface area contributed by atoms with Crippen LogP contribution in [0.2, 0.25) is 39.3 Å². The van der Waals surface area contributed by atoms with Crippen molar-refractivity contribution >= 4 is 16.6 Å². The van der Waals surface area contributed by atoms with Crippen LogP contribution in [0, 0.1) is 0 Å². The molecule has 0 aromatic heterocycles. The van der Waals surface area contributed by atoms with Crippen molar-refractivity contribution in [3.8, 4) is 5.75 Å². The van der Waals surface area contributed by atoms with Gasteiger partial charge in [0.1, 0.15) is 17.8 Å². The Morgan fingerprint density at radius 1 is 0.917 bits per heavy atom. The van der Waals surface area contributed by atoms with Gasteiger partial charge in [-0.2, -0.15) is 0 Å². The van der Waals surface area contributed by atoms with Gasteiger partial charge in [0, 0.05) is 0 Å². The average molecular weight is 367 g/mol. The smallest absolute Gasteiger partial charge is 0.269 e. The molecule has 1 aromatic rings. The highest BCUT2D eigenvalue weighted by molar-refractivity contribution is 6.70. The number of allylic oxidation sites excluding steroid dienone is 1. The number of hydrogen-bond acceptors (Lipinski definition) is 4. The second-order valence-corrected chi connectivity index (χ2v) is 16.1. The number of benzene rings is 1. The Morgan fingerprint density at radius 2 is 1.50 bits per heavy atom. The van der Waals surface area contributed by atoms with E-state index in [1.165, 1.54) is 0 Å². The maximum Gasteiger partial charge on any atom is 0.269 e. The maximum absolute atomic E-state index is 6.10. The van der Waals surface area contributed by atoms with Gasteiger partial charge in [-0.1, -0.05) is 18.2 Å².